The summed E-state index contributed by atoms with van der Waals surface area (Å²) in [5, 5.41) is 4.91. The third kappa shape index (κ3) is 3.10. The van der Waals surface area contributed by atoms with Gasteiger partial charge in [-0.2, -0.15) is 0 Å². The SMILES string of the molecule is CCCC(C)(C)NCc1ccc2[nH]ccc2c1. The molecule has 0 aliphatic rings. The van der Waals surface area contributed by atoms with Gasteiger partial charge in [0.05, 0.1) is 0 Å². The third-order valence-electron chi connectivity index (χ3n) is 3.26. The van der Waals surface area contributed by atoms with Gasteiger partial charge in [-0.05, 0) is 49.4 Å². The molecule has 2 N–H and O–H groups in total. The van der Waals surface area contributed by atoms with Crippen LogP contribution in [0.5, 0.6) is 0 Å². The second-order valence-corrected chi connectivity index (χ2v) is 5.39. The van der Waals surface area contributed by atoms with Gasteiger partial charge in [0.1, 0.15) is 0 Å². The quantitative estimate of drug-likeness (QED) is 0.802. The predicted molar refractivity (Wildman–Crippen MR) is 74.1 cm³/mol. The minimum atomic E-state index is 0.224. The molecule has 1 aromatic carbocycles. The molecule has 0 unspecified atom stereocenters. The van der Waals surface area contributed by atoms with Crippen LogP contribution in [0.15, 0.2) is 30.5 Å². The number of benzene rings is 1. The van der Waals surface area contributed by atoms with E-state index in [0.717, 1.165) is 6.54 Å². The van der Waals surface area contributed by atoms with Crippen LogP contribution < -0.4 is 5.32 Å². The highest BCUT2D eigenvalue weighted by molar-refractivity contribution is 5.79. The monoisotopic (exact) mass is 230 g/mol. The fourth-order valence-electron chi connectivity index (χ4n) is 2.27. The van der Waals surface area contributed by atoms with E-state index < -0.39 is 0 Å². The highest BCUT2D eigenvalue weighted by atomic mass is 14.9. The van der Waals surface area contributed by atoms with E-state index >= 15 is 0 Å². The second kappa shape index (κ2) is 4.92. The van der Waals surface area contributed by atoms with Crippen molar-refractivity contribution in [3.05, 3.63) is 36.0 Å². The zero-order valence-electron chi connectivity index (χ0n) is 11.0. The molecule has 17 heavy (non-hydrogen) atoms. The molecule has 92 valence electrons. The molecule has 2 rings (SSSR count). The Labute approximate surface area is 103 Å². The normalized spacial score (nSPS) is 12.2. The van der Waals surface area contributed by atoms with Crippen molar-refractivity contribution < 1.29 is 0 Å². The Bertz CT molecular complexity index is 482. The number of hydrogen-bond donors (Lipinski definition) is 2. The topological polar surface area (TPSA) is 27.8 Å². The van der Waals surface area contributed by atoms with Crippen LogP contribution in [-0.2, 0) is 6.54 Å². The molecule has 0 radical (unpaired) electrons. The minimum absolute atomic E-state index is 0.224. The van der Waals surface area contributed by atoms with Gasteiger partial charge in [0.2, 0.25) is 0 Å². The number of aromatic amines is 1. The summed E-state index contributed by atoms with van der Waals surface area (Å²) in [7, 11) is 0. The van der Waals surface area contributed by atoms with E-state index in [9.17, 15) is 0 Å². The van der Waals surface area contributed by atoms with Gasteiger partial charge in [0.15, 0.2) is 0 Å². The molecule has 0 bridgehead atoms. The minimum Gasteiger partial charge on any atom is -0.361 e. The summed E-state index contributed by atoms with van der Waals surface area (Å²) in [6, 6.07) is 8.71. The largest absolute Gasteiger partial charge is 0.361 e. The molecule has 1 aromatic heterocycles. The Kier molecular flexibility index (Phi) is 3.53. The Morgan fingerprint density at radius 1 is 1.24 bits per heavy atom. The first kappa shape index (κ1) is 12.2. The van der Waals surface area contributed by atoms with Crippen molar-refractivity contribution in [3.63, 3.8) is 0 Å². The highest BCUT2D eigenvalue weighted by Gasteiger charge is 2.14. The van der Waals surface area contributed by atoms with E-state index in [-0.39, 0.29) is 5.54 Å². The van der Waals surface area contributed by atoms with Crippen LogP contribution in [0.2, 0.25) is 0 Å². The lowest BCUT2D eigenvalue weighted by atomic mass is 9.98. The molecule has 0 saturated carbocycles. The average molecular weight is 230 g/mol. The van der Waals surface area contributed by atoms with E-state index in [0.29, 0.717) is 0 Å². The van der Waals surface area contributed by atoms with Gasteiger partial charge in [0.25, 0.3) is 0 Å². The molecule has 0 aliphatic heterocycles. The summed E-state index contributed by atoms with van der Waals surface area (Å²) in [5.74, 6) is 0. The fourth-order valence-corrected chi connectivity index (χ4v) is 2.27. The molecular weight excluding hydrogens is 208 g/mol. The number of fused-ring (bicyclic) bond motifs is 1. The summed E-state index contributed by atoms with van der Waals surface area (Å²) < 4.78 is 0. The highest BCUT2D eigenvalue weighted by Crippen LogP contribution is 2.16. The molecule has 0 aliphatic carbocycles. The Hall–Kier alpha value is -1.28. The molecule has 0 saturated heterocycles. The standard InChI is InChI=1S/C15H22N2/c1-4-8-15(2,3)17-11-12-5-6-14-13(10-12)7-9-16-14/h5-7,9-10,16-17H,4,8,11H2,1-3H3. The van der Waals surface area contributed by atoms with Crippen molar-refractivity contribution in [1.82, 2.24) is 10.3 Å². The summed E-state index contributed by atoms with van der Waals surface area (Å²) in [6.45, 7) is 7.71. The summed E-state index contributed by atoms with van der Waals surface area (Å²) in [4.78, 5) is 3.22. The first-order valence-corrected chi connectivity index (χ1v) is 6.42. The smallest absolute Gasteiger partial charge is 0.0454 e. The number of rotatable bonds is 5. The fraction of sp³-hybridized carbons (Fsp3) is 0.467. The number of aromatic nitrogens is 1. The van der Waals surface area contributed by atoms with Crippen LogP contribution in [0.3, 0.4) is 0 Å². The summed E-state index contributed by atoms with van der Waals surface area (Å²) in [5.41, 5.74) is 2.78. The Balaban J connectivity index is 2.03. The van der Waals surface area contributed by atoms with E-state index in [1.54, 1.807) is 0 Å². The zero-order chi connectivity index (χ0) is 12.3. The summed E-state index contributed by atoms with van der Waals surface area (Å²) in [6.07, 6.45) is 4.42. The number of nitrogens with one attached hydrogen (secondary N) is 2. The predicted octanol–water partition coefficient (Wildman–Crippen LogP) is 3.84. The second-order valence-electron chi connectivity index (χ2n) is 5.39. The van der Waals surface area contributed by atoms with Crippen molar-refractivity contribution in [2.45, 2.75) is 45.7 Å². The molecule has 0 spiro atoms. The van der Waals surface area contributed by atoms with Gasteiger partial charge in [-0.15, -0.1) is 0 Å². The molecule has 0 amide bonds. The maximum atomic E-state index is 3.62. The average Bonchev–Trinajstić information content (AvgIpc) is 2.73. The van der Waals surface area contributed by atoms with Gasteiger partial charge in [0, 0.05) is 23.8 Å². The van der Waals surface area contributed by atoms with Crippen molar-refractivity contribution in [3.8, 4) is 0 Å². The molecule has 2 nitrogen and oxygen atoms in total. The first-order valence-electron chi connectivity index (χ1n) is 6.42. The van der Waals surface area contributed by atoms with Gasteiger partial charge in [-0.3, -0.25) is 0 Å². The number of H-pyrrole nitrogens is 1. The van der Waals surface area contributed by atoms with E-state index in [1.807, 2.05) is 6.20 Å². The van der Waals surface area contributed by atoms with E-state index in [4.69, 9.17) is 0 Å². The van der Waals surface area contributed by atoms with Gasteiger partial charge < -0.3 is 10.3 Å². The van der Waals surface area contributed by atoms with Crippen LogP contribution in [-0.4, -0.2) is 10.5 Å². The van der Waals surface area contributed by atoms with E-state index in [2.05, 4.69) is 55.3 Å². The molecular formula is C15H22N2. The van der Waals surface area contributed by atoms with Gasteiger partial charge in [-0.1, -0.05) is 19.4 Å². The van der Waals surface area contributed by atoms with Crippen molar-refractivity contribution in [2.75, 3.05) is 0 Å². The van der Waals surface area contributed by atoms with Crippen LogP contribution in [0.1, 0.15) is 39.2 Å². The van der Waals surface area contributed by atoms with Crippen molar-refractivity contribution in [2.24, 2.45) is 0 Å². The Morgan fingerprint density at radius 2 is 2.06 bits per heavy atom. The van der Waals surface area contributed by atoms with Crippen LogP contribution >= 0.6 is 0 Å². The van der Waals surface area contributed by atoms with Crippen LogP contribution in [0.4, 0.5) is 0 Å². The molecule has 0 fully saturated rings. The molecule has 0 atom stereocenters. The van der Waals surface area contributed by atoms with Crippen molar-refractivity contribution >= 4 is 10.9 Å². The third-order valence-corrected chi connectivity index (χ3v) is 3.26. The lowest BCUT2D eigenvalue weighted by molar-refractivity contribution is 0.357. The molecule has 1 heterocycles. The maximum Gasteiger partial charge on any atom is 0.0454 e. The van der Waals surface area contributed by atoms with E-state index in [1.165, 1.54) is 29.3 Å². The van der Waals surface area contributed by atoms with Crippen molar-refractivity contribution in [1.29, 1.82) is 0 Å². The number of hydrogen-bond acceptors (Lipinski definition) is 1. The lowest BCUT2D eigenvalue weighted by Gasteiger charge is -2.26. The molecule has 2 heteroatoms. The van der Waals surface area contributed by atoms with Crippen LogP contribution in [0.25, 0.3) is 10.9 Å². The Morgan fingerprint density at radius 3 is 2.82 bits per heavy atom. The summed E-state index contributed by atoms with van der Waals surface area (Å²) >= 11 is 0. The zero-order valence-corrected chi connectivity index (χ0v) is 11.0. The van der Waals surface area contributed by atoms with Gasteiger partial charge >= 0.3 is 0 Å². The van der Waals surface area contributed by atoms with Gasteiger partial charge in [-0.25, -0.2) is 0 Å². The van der Waals surface area contributed by atoms with Crippen LogP contribution in [0, 0.1) is 0 Å². The first-order chi connectivity index (χ1) is 8.11. The molecule has 2 aromatic rings. The maximum absolute atomic E-state index is 3.62. The lowest BCUT2D eigenvalue weighted by Crippen LogP contribution is -2.38.